The smallest absolute Gasteiger partial charge is 0.232 e. The van der Waals surface area contributed by atoms with Crippen LogP contribution in [0.15, 0.2) is 28.7 Å². The molecule has 0 atom stereocenters. The van der Waals surface area contributed by atoms with Crippen LogP contribution in [0.25, 0.3) is 0 Å². The molecule has 0 saturated heterocycles. The Balaban J connectivity index is 2.70. The summed E-state index contributed by atoms with van der Waals surface area (Å²) in [7, 11) is -3.40. The second-order valence-corrected chi connectivity index (χ2v) is 7.50. The number of amides is 1. The molecule has 0 bridgehead atoms. The van der Waals surface area contributed by atoms with Crippen LogP contribution < -0.4 is 9.62 Å². The predicted octanol–water partition coefficient (Wildman–Crippen LogP) is 2.52. The second kappa shape index (κ2) is 8.38. The number of carbonyl (C=O) groups is 1. The summed E-state index contributed by atoms with van der Waals surface area (Å²) in [5, 5.41) is 2.75. The van der Waals surface area contributed by atoms with Crippen molar-refractivity contribution in [2.24, 2.45) is 0 Å². The highest BCUT2D eigenvalue weighted by Gasteiger charge is 2.19. The van der Waals surface area contributed by atoms with Gasteiger partial charge < -0.3 is 5.32 Å². The van der Waals surface area contributed by atoms with Crippen molar-refractivity contribution in [2.45, 2.75) is 26.2 Å². The largest absolute Gasteiger partial charge is 0.354 e. The molecule has 21 heavy (non-hydrogen) atoms. The highest BCUT2D eigenvalue weighted by Crippen LogP contribution is 2.27. The minimum atomic E-state index is -3.40. The first-order valence-corrected chi connectivity index (χ1v) is 9.49. The third-order valence-electron chi connectivity index (χ3n) is 2.92. The van der Waals surface area contributed by atoms with Crippen molar-refractivity contribution in [1.82, 2.24) is 5.32 Å². The van der Waals surface area contributed by atoms with Gasteiger partial charge in [0.2, 0.25) is 15.9 Å². The van der Waals surface area contributed by atoms with Crippen LogP contribution in [0.3, 0.4) is 0 Å². The van der Waals surface area contributed by atoms with Crippen molar-refractivity contribution >= 4 is 37.5 Å². The van der Waals surface area contributed by atoms with E-state index in [2.05, 4.69) is 21.2 Å². The molecule has 0 aliphatic heterocycles. The zero-order valence-electron chi connectivity index (χ0n) is 12.3. The number of carbonyl (C=O) groups excluding carboxylic acids is 1. The molecule has 0 aliphatic rings. The number of benzene rings is 1. The molecule has 0 saturated carbocycles. The van der Waals surface area contributed by atoms with Crippen molar-refractivity contribution in [2.75, 3.05) is 23.7 Å². The van der Waals surface area contributed by atoms with E-state index in [-0.39, 0.29) is 19.0 Å². The maximum Gasteiger partial charge on any atom is 0.232 e. The van der Waals surface area contributed by atoms with Gasteiger partial charge in [-0.15, -0.1) is 0 Å². The van der Waals surface area contributed by atoms with Crippen LogP contribution in [0.2, 0.25) is 0 Å². The Bertz CT molecular complexity index is 575. The third-order valence-corrected chi connectivity index (χ3v) is 4.77. The Labute approximate surface area is 134 Å². The summed E-state index contributed by atoms with van der Waals surface area (Å²) in [6, 6.07) is 7.11. The topological polar surface area (TPSA) is 66.5 Å². The minimum Gasteiger partial charge on any atom is -0.354 e. The van der Waals surface area contributed by atoms with Gasteiger partial charge in [-0.3, -0.25) is 9.10 Å². The van der Waals surface area contributed by atoms with Crippen molar-refractivity contribution in [3.8, 4) is 0 Å². The Morgan fingerprint density at radius 1 is 1.33 bits per heavy atom. The standard InChI is InChI=1S/C14H21BrN2O3S/c1-3-4-9-14(18)16-10-11-17(21(2,19)20)13-8-6-5-7-12(13)15/h5-8H,3-4,9-11H2,1-2H3,(H,16,18). The van der Waals surface area contributed by atoms with E-state index in [1.165, 1.54) is 4.31 Å². The number of hydrogen-bond acceptors (Lipinski definition) is 3. The molecule has 0 radical (unpaired) electrons. The molecular formula is C14H21BrN2O3S. The van der Waals surface area contributed by atoms with Gasteiger partial charge in [-0.25, -0.2) is 8.42 Å². The van der Waals surface area contributed by atoms with Crippen molar-refractivity contribution in [3.05, 3.63) is 28.7 Å². The lowest BCUT2D eigenvalue weighted by atomic mass is 10.2. The van der Waals surface area contributed by atoms with Crippen molar-refractivity contribution in [3.63, 3.8) is 0 Å². The van der Waals surface area contributed by atoms with Gasteiger partial charge in [0.25, 0.3) is 0 Å². The monoisotopic (exact) mass is 376 g/mol. The second-order valence-electron chi connectivity index (χ2n) is 4.74. The van der Waals surface area contributed by atoms with Gasteiger partial charge in [0.05, 0.1) is 18.5 Å². The average molecular weight is 377 g/mol. The van der Waals surface area contributed by atoms with E-state index in [9.17, 15) is 13.2 Å². The van der Waals surface area contributed by atoms with Gasteiger partial charge in [-0.05, 0) is 34.5 Å². The fourth-order valence-corrected chi connectivity index (χ4v) is 3.40. The van der Waals surface area contributed by atoms with Gasteiger partial charge in [0, 0.05) is 17.4 Å². The fraction of sp³-hybridized carbons (Fsp3) is 0.500. The molecule has 1 amide bonds. The number of rotatable bonds is 8. The quantitative estimate of drug-likeness (QED) is 0.757. The summed E-state index contributed by atoms with van der Waals surface area (Å²) >= 11 is 3.35. The Kier molecular flexibility index (Phi) is 7.17. The first-order chi connectivity index (χ1) is 9.86. The molecule has 118 valence electrons. The SMILES string of the molecule is CCCCC(=O)NCCN(c1ccccc1Br)S(C)(=O)=O. The maximum absolute atomic E-state index is 11.9. The lowest BCUT2D eigenvalue weighted by Gasteiger charge is -2.23. The first-order valence-electron chi connectivity index (χ1n) is 6.85. The summed E-state index contributed by atoms with van der Waals surface area (Å²) < 4.78 is 25.8. The highest BCUT2D eigenvalue weighted by molar-refractivity contribution is 9.10. The van der Waals surface area contributed by atoms with Crippen LogP contribution in [-0.2, 0) is 14.8 Å². The summed E-state index contributed by atoms with van der Waals surface area (Å²) in [5.41, 5.74) is 0.572. The number of anilines is 1. The fourth-order valence-electron chi connectivity index (χ4n) is 1.84. The normalized spacial score (nSPS) is 11.2. The number of para-hydroxylation sites is 1. The molecule has 1 aromatic carbocycles. The summed E-state index contributed by atoms with van der Waals surface area (Å²) in [6.45, 7) is 2.52. The molecule has 1 N–H and O–H groups in total. The van der Waals surface area contributed by atoms with Crippen LogP contribution in [0.1, 0.15) is 26.2 Å². The summed E-state index contributed by atoms with van der Waals surface area (Å²) in [6.07, 6.45) is 3.43. The molecule has 1 aromatic rings. The van der Waals surface area contributed by atoms with Gasteiger partial charge in [0.15, 0.2) is 0 Å². The Hall–Kier alpha value is -1.08. The number of halogens is 1. The maximum atomic E-state index is 11.9. The molecule has 0 spiro atoms. The third kappa shape index (κ3) is 6.05. The van der Waals surface area contributed by atoms with Crippen LogP contribution >= 0.6 is 15.9 Å². The van der Waals surface area contributed by atoms with Crippen molar-refractivity contribution < 1.29 is 13.2 Å². The van der Waals surface area contributed by atoms with Crippen LogP contribution in [0, 0.1) is 0 Å². The van der Waals surface area contributed by atoms with E-state index in [1.54, 1.807) is 18.2 Å². The van der Waals surface area contributed by atoms with E-state index in [0.717, 1.165) is 19.1 Å². The molecule has 7 heteroatoms. The van der Waals surface area contributed by atoms with Gasteiger partial charge in [0.1, 0.15) is 0 Å². The van der Waals surface area contributed by atoms with E-state index < -0.39 is 10.0 Å². The molecular weight excluding hydrogens is 356 g/mol. The number of hydrogen-bond donors (Lipinski definition) is 1. The Morgan fingerprint density at radius 2 is 2.00 bits per heavy atom. The van der Waals surface area contributed by atoms with Crippen molar-refractivity contribution in [1.29, 1.82) is 0 Å². The number of nitrogens with one attached hydrogen (secondary N) is 1. The van der Waals surface area contributed by atoms with E-state index in [4.69, 9.17) is 0 Å². The number of nitrogens with zero attached hydrogens (tertiary/aromatic N) is 1. The lowest BCUT2D eigenvalue weighted by molar-refractivity contribution is -0.121. The molecule has 0 unspecified atom stereocenters. The molecule has 1 rings (SSSR count). The average Bonchev–Trinajstić information content (AvgIpc) is 2.41. The van der Waals surface area contributed by atoms with Gasteiger partial charge in [-0.2, -0.15) is 0 Å². The number of unbranched alkanes of at least 4 members (excludes halogenated alkanes) is 1. The minimum absolute atomic E-state index is 0.0440. The molecule has 0 aliphatic carbocycles. The summed E-state index contributed by atoms with van der Waals surface area (Å²) in [4.78, 5) is 11.5. The Morgan fingerprint density at radius 3 is 2.57 bits per heavy atom. The molecule has 5 nitrogen and oxygen atoms in total. The number of sulfonamides is 1. The first kappa shape index (κ1) is 18.0. The highest BCUT2D eigenvalue weighted by atomic mass is 79.9. The lowest BCUT2D eigenvalue weighted by Crippen LogP contribution is -2.38. The van der Waals surface area contributed by atoms with E-state index >= 15 is 0 Å². The van der Waals surface area contributed by atoms with E-state index in [1.807, 2.05) is 13.0 Å². The molecule has 0 aromatic heterocycles. The van der Waals surface area contributed by atoms with Gasteiger partial charge >= 0.3 is 0 Å². The molecule has 0 heterocycles. The van der Waals surface area contributed by atoms with Crippen LogP contribution in [0.4, 0.5) is 5.69 Å². The molecule has 0 fully saturated rings. The van der Waals surface area contributed by atoms with Crippen LogP contribution in [0.5, 0.6) is 0 Å². The predicted molar refractivity (Wildman–Crippen MR) is 88.9 cm³/mol. The zero-order valence-corrected chi connectivity index (χ0v) is 14.7. The summed E-state index contributed by atoms with van der Waals surface area (Å²) in [5.74, 6) is -0.0440. The zero-order chi connectivity index (χ0) is 15.9. The van der Waals surface area contributed by atoms with Crippen LogP contribution in [-0.4, -0.2) is 33.7 Å². The van der Waals surface area contributed by atoms with Gasteiger partial charge in [-0.1, -0.05) is 25.5 Å². The van der Waals surface area contributed by atoms with E-state index in [0.29, 0.717) is 16.6 Å².